The first-order chi connectivity index (χ1) is 15.5. The number of nitrogens with one attached hydrogen (secondary N) is 4. The Bertz CT molecular complexity index is 1180. The van der Waals surface area contributed by atoms with Gasteiger partial charge in [0.05, 0.1) is 28.7 Å². The molecule has 1 aromatic heterocycles. The van der Waals surface area contributed by atoms with Gasteiger partial charge in [0, 0.05) is 32.9 Å². The summed E-state index contributed by atoms with van der Waals surface area (Å²) < 4.78 is 0. The molecule has 0 bridgehead atoms. The standard InChI is InChI=1S/C22H22ClN7O2/c1-24-20(31)14-5-3-4-6-17(14)28-19-16(23)12-26-22(29-19)27-13-7-8-15-18(11-13)30(2)10-9-25-21(15)32/h3-8,11-12H,9-10H2,1-2H3,(H,24,31)(H,25,32)(H2,26,27,28,29). The summed E-state index contributed by atoms with van der Waals surface area (Å²) >= 11 is 6.30. The molecule has 1 aliphatic rings. The predicted octanol–water partition coefficient (Wildman–Crippen LogP) is 3.16. The van der Waals surface area contributed by atoms with E-state index in [2.05, 4.69) is 31.2 Å². The molecule has 0 saturated heterocycles. The first-order valence-electron chi connectivity index (χ1n) is 9.97. The third-order valence-electron chi connectivity index (χ3n) is 5.04. The molecule has 3 aromatic rings. The second-order valence-electron chi connectivity index (χ2n) is 7.17. The fourth-order valence-corrected chi connectivity index (χ4v) is 3.50. The van der Waals surface area contributed by atoms with Crippen LogP contribution < -0.4 is 26.2 Å². The highest BCUT2D eigenvalue weighted by Crippen LogP contribution is 2.29. The van der Waals surface area contributed by atoms with Crippen molar-refractivity contribution < 1.29 is 9.59 Å². The van der Waals surface area contributed by atoms with E-state index in [0.29, 0.717) is 46.7 Å². The molecule has 0 aliphatic carbocycles. The van der Waals surface area contributed by atoms with Gasteiger partial charge in [0.1, 0.15) is 5.02 Å². The number of hydrogen-bond acceptors (Lipinski definition) is 7. The van der Waals surface area contributed by atoms with E-state index in [4.69, 9.17) is 11.6 Å². The van der Waals surface area contributed by atoms with Crippen molar-refractivity contribution in [2.45, 2.75) is 0 Å². The van der Waals surface area contributed by atoms with Crippen LogP contribution in [0.15, 0.2) is 48.7 Å². The summed E-state index contributed by atoms with van der Waals surface area (Å²) in [5.41, 5.74) is 3.18. The Hall–Kier alpha value is -3.85. The largest absolute Gasteiger partial charge is 0.372 e. The number of nitrogens with zero attached hydrogens (tertiary/aromatic N) is 3. The molecule has 32 heavy (non-hydrogen) atoms. The van der Waals surface area contributed by atoms with E-state index in [1.54, 1.807) is 37.4 Å². The molecule has 2 amide bonds. The minimum atomic E-state index is -0.227. The lowest BCUT2D eigenvalue weighted by molar-refractivity contribution is 0.0952. The molecule has 0 fully saturated rings. The SMILES string of the molecule is CNC(=O)c1ccccc1Nc1nc(Nc2ccc3c(c2)N(C)CCNC3=O)ncc1Cl. The third-order valence-corrected chi connectivity index (χ3v) is 5.32. The zero-order valence-electron chi connectivity index (χ0n) is 17.6. The fourth-order valence-electron chi connectivity index (χ4n) is 3.37. The summed E-state index contributed by atoms with van der Waals surface area (Å²) in [4.78, 5) is 35.1. The van der Waals surface area contributed by atoms with Crippen LogP contribution >= 0.6 is 11.6 Å². The summed E-state index contributed by atoms with van der Waals surface area (Å²) in [6.45, 7) is 1.29. The monoisotopic (exact) mass is 451 g/mol. The maximum absolute atomic E-state index is 12.2. The van der Waals surface area contributed by atoms with Crippen molar-refractivity contribution in [3.63, 3.8) is 0 Å². The third kappa shape index (κ3) is 4.42. The van der Waals surface area contributed by atoms with Crippen LogP contribution in [0.25, 0.3) is 0 Å². The summed E-state index contributed by atoms with van der Waals surface area (Å²) in [6.07, 6.45) is 1.48. The van der Waals surface area contributed by atoms with Gasteiger partial charge in [0.15, 0.2) is 5.82 Å². The van der Waals surface area contributed by atoms with Gasteiger partial charge in [-0.3, -0.25) is 9.59 Å². The lowest BCUT2D eigenvalue weighted by Crippen LogP contribution is -2.27. The van der Waals surface area contributed by atoms with Crippen LogP contribution in [-0.4, -0.2) is 49.0 Å². The fraction of sp³-hybridized carbons (Fsp3) is 0.182. The topological polar surface area (TPSA) is 111 Å². The molecular weight excluding hydrogens is 430 g/mol. The van der Waals surface area contributed by atoms with E-state index in [0.717, 1.165) is 11.4 Å². The average molecular weight is 452 g/mol. The number of fused-ring (bicyclic) bond motifs is 1. The van der Waals surface area contributed by atoms with Crippen LogP contribution in [0.2, 0.25) is 5.02 Å². The smallest absolute Gasteiger partial charge is 0.253 e. The molecule has 2 heterocycles. The minimum Gasteiger partial charge on any atom is -0.372 e. The number of rotatable bonds is 5. The van der Waals surface area contributed by atoms with Crippen molar-refractivity contribution in [3.8, 4) is 0 Å². The molecule has 9 nitrogen and oxygen atoms in total. The van der Waals surface area contributed by atoms with Crippen LogP contribution in [0, 0.1) is 0 Å². The van der Waals surface area contributed by atoms with Crippen LogP contribution in [0.3, 0.4) is 0 Å². The first kappa shape index (κ1) is 21.4. The summed E-state index contributed by atoms with van der Waals surface area (Å²) in [5, 5.41) is 12.1. The average Bonchev–Trinajstić information content (AvgIpc) is 2.94. The lowest BCUT2D eigenvalue weighted by Gasteiger charge is -2.19. The van der Waals surface area contributed by atoms with E-state index in [9.17, 15) is 9.59 Å². The van der Waals surface area contributed by atoms with Gasteiger partial charge in [-0.25, -0.2) is 4.98 Å². The Balaban J connectivity index is 1.61. The van der Waals surface area contributed by atoms with Crippen LogP contribution in [0.5, 0.6) is 0 Å². The molecule has 0 spiro atoms. The van der Waals surface area contributed by atoms with Crippen molar-refractivity contribution in [3.05, 3.63) is 64.8 Å². The Labute approximate surface area is 190 Å². The zero-order valence-corrected chi connectivity index (χ0v) is 18.3. The molecule has 0 saturated carbocycles. The highest BCUT2D eigenvalue weighted by atomic mass is 35.5. The number of likely N-dealkylation sites (N-methyl/N-ethyl adjacent to an activating group) is 1. The highest BCUT2D eigenvalue weighted by molar-refractivity contribution is 6.33. The number of para-hydroxylation sites is 1. The number of hydrogen-bond donors (Lipinski definition) is 4. The normalized spacial score (nSPS) is 13.0. The van der Waals surface area contributed by atoms with Gasteiger partial charge in [-0.2, -0.15) is 4.98 Å². The van der Waals surface area contributed by atoms with Crippen molar-refractivity contribution >= 4 is 52.2 Å². The van der Waals surface area contributed by atoms with Crippen LogP contribution in [0.1, 0.15) is 20.7 Å². The summed E-state index contributed by atoms with van der Waals surface area (Å²) in [5.74, 6) is 0.344. The Morgan fingerprint density at radius 2 is 2.00 bits per heavy atom. The molecule has 10 heteroatoms. The van der Waals surface area contributed by atoms with E-state index < -0.39 is 0 Å². The van der Waals surface area contributed by atoms with Gasteiger partial charge in [0.2, 0.25) is 5.95 Å². The van der Waals surface area contributed by atoms with Gasteiger partial charge < -0.3 is 26.2 Å². The van der Waals surface area contributed by atoms with Gasteiger partial charge in [-0.1, -0.05) is 23.7 Å². The number of anilines is 5. The number of halogens is 1. The molecule has 1 aliphatic heterocycles. The quantitative estimate of drug-likeness (QED) is 0.471. The van der Waals surface area contributed by atoms with Crippen LogP contribution in [0.4, 0.5) is 28.8 Å². The highest BCUT2D eigenvalue weighted by Gasteiger charge is 2.19. The second kappa shape index (κ2) is 9.11. The predicted molar refractivity (Wildman–Crippen MR) is 125 cm³/mol. The Morgan fingerprint density at radius 3 is 2.81 bits per heavy atom. The number of amides is 2. The Kier molecular flexibility index (Phi) is 6.09. The van der Waals surface area contributed by atoms with Crippen molar-refractivity contribution in [2.24, 2.45) is 0 Å². The molecule has 0 radical (unpaired) electrons. The molecule has 0 atom stereocenters. The van der Waals surface area contributed by atoms with Gasteiger partial charge in [-0.05, 0) is 30.3 Å². The summed E-state index contributed by atoms with van der Waals surface area (Å²) in [6, 6.07) is 12.5. The van der Waals surface area contributed by atoms with E-state index in [1.807, 2.05) is 24.1 Å². The van der Waals surface area contributed by atoms with Gasteiger partial charge >= 0.3 is 0 Å². The molecular formula is C22H22ClN7O2. The molecule has 164 valence electrons. The molecule has 4 N–H and O–H groups in total. The maximum Gasteiger partial charge on any atom is 0.253 e. The van der Waals surface area contributed by atoms with Crippen molar-refractivity contribution in [2.75, 3.05) is 42.7 Å². The second-order valence-corrected chi connectivity index (χ2v) is 7.58. The maximum atomic E-state index is 12.2. The van der Waals surface area contributed by atoms with Crippen molar-refractivity contribution in [1.29, 1.82) is 0 Å². The minimum absolute atomic E-state index is 0.0973. The summed E-state index contributed by atoms with van der Waals surface area (Å²) in [7, 11) is 3.51. The van der Waals surface area contributed by atoms with Crippen LogP contribution in [-0.2, 0) is 0 Å². The van der Waals surface area contributed by atoms with E-state index in [-0.39, 0.29) is 11.8 Å². The van der Waals surface area contributed by atoms with Gasteiger partial charge in [0.25, 0.3) is 11.8 Å². The van der Waals surface area contributed by atoms with E-state index >= 15 is 0 Å². The molecule has 4 rings (SSSR count). The first-order valence-corrected chi connectivity index (χ1v) is 10.3. The number of benzene rings is 2. The van der Waals surface area contributed by atoms with Crippen molar-refractivity contribution in [1.82, 2.24) is 20.6 Å². The number of carbonyl (C=O) groups excluding carboxylic acids is 2. The molecule has 2 aromatic carbocycles. The molecule has 0 unspecified atom stereocenters. The van der Waals surface area contributed by atoms with Gasteiger partial charge in [-0.15, -0.1) is 0 Å². The lowest BCUT2D eigenvalue weighted by atomic mass is 10.1. The number of aromatic nitrogens is 2. The van der Waals surface area contributed by atoms with E-state index in [1.165, 1.54) is 6.20 Å². The zero-order chi connectivity index (χ0) is 22.7. The number of carbonyl (C=O) groups is 2. The Morgan fingerprint density at radius 1 is 1.19 bits per heavy atom.